The molecule has 0 unspecified atom stereocenters. The van der Waals surface area contributed by atoms with Gasteiger partial charge in [-0.15, -0.1) is 0 Å². The van der Waals surface area contributed by atoms with Crippen LogP contribution in [0.3, 0.4) is 0 Å². The van der Waals surface area contributed by atoms with Crippen molar-refractivity contribution in [3.63, 3.8) is 0 Å². The van der Waals surface area contributed by atoms with Crippen molar-refractivity contribution in [1.29, 1.82) is 0 Å². The van der Waals surface area contributed by atoms with E-state index in [1.54, 1.807) is 0 Å². The van der Waals surface area contributed by atoms with Crippen LogP contribution in [0.25, 0.3) is 32.3 Å². The fourth-order valence-corrected chi connectivity index (χ4v) is 3.82. The summed E-state index contributed by atoms with van der Waals surface area (Å²) in [5, 5.41) is 7.99. The zero-order chi connectivity index (χ0) is 16.6. The molecule has 0 saturated carbocycles. The second kappa shape index (κ2) is 5.75. The van der Waals surface area contributed by atoms with Crippen molar-refractivity contribution in [2.75, 3.05) is 0 Å². The molecule has 25 heavy (non-hydrogen) atoms. The molecule has 0 bridgehead atoms. The highest BCUT2D eigenvalue weighted by Crippen LogP contribution is 2.34. The topological polar surface area (TPSA) is 0 Å². The number of fused-ring (bicyclic) bond motifs is 5. The lowest BCUT2D eigenvalue weighted by molar-refractivity contribution is 1.20. The maximum Gasteiger partial charge on any atom is -0.00256 e. The smallest absolute Gasteiger partial charge is 0.00256 e. The highest BCUT2D eigenvalue weighted by Gasteiger charge is 2.07. The maximum absolute atomic E-state index is 2.36. The number of rotatable bonds is 2. The molecule has 0 saturated heterocycles. The van der Waals surface area contributed by atoms with Crippen LogP contribution >= 0.6 is 0 Å². The molecule has 5 aromatic rings. The van der Waals surface area contributed by atoms with Gasteiger partial charge in [0.2, 0.25) is 0 Å². The Labute approximate surface area is 147 Å². The largest absolute Gasteiger partial charge is 0.0622 e. The second-order valence-electron chi connectivity index (χ2n) is 6.67. The summed E-state index contributed by atoms with van der Waals surface area (Å²) in [7, 11) is 0. The third kappa shape index (κ3) is 2.47. The zero-order valence-electron chi connectivity index (χ0n) is 13.9. The first-order valence-corrected chi connectivity index (χ1v) is 8.75. The van der Waals surface area contributed by atoms with Gasteiger partial charge in [0.15, 0.2) is 0 Å². The Morgan fingerprint density at radius 1 is 0.400 bits per heavy atom. The van der Waals surface area contributed by atoms with Gasteiger partial charge in [0.05, 0.1) is 0 Å². The van der Waals surface area contributed by atoms with Crippen LogP contribution in [0.5, 0.6) is 0 Å². The molecule has 0 spiro atoms. The van der Waals surface area contributed by atoms with Crippen LogP contribution in [0, 0.1) is 0 Å². The van der Waals surface area contributed by atoms with Crippen LogP contribution in [-0.4, -0.2) is 0 Å². The lowest BCUT2D eigenvalue weighted by Gasteiger charge is -2.01. The Kier molecular flexibility index (Phi) is 3.28. The predicted molar refractivity (Wildman–Crippen MR) is 108 cm³/mol. The molecule has 5 aromatic carbocycles. The summed E-state index contributed by atoms with van der Waals surface area (Å²) in [5.74, 6) is 0. The summed E-state index contributed by atoms with van der Waals surface area (Å²) in [6.07, 6.45) is 0.960. The third-order valence-electron chi connectivity index (χ3n) is 5.04. The van der Waals surface area contributed by atoms with E-state index < -0.39 is 0 Å². The van der Waals surface area contributed by atoms with Gasteiger partial charge in [-0.3, -0.25) is 0 Å². The Bertz CT molecular complexity index is 1200. The van der Waals surface area contributed by atoms with Gasteiger partial charge in [-0.05, 0) is 55.9 Å². The van der Waals surface area contributed by atoms with Crippen LogP contribution in [0.2, 0.25) is 0 Å². The van der Waals surface area contributed by atoms with E-state index in [2.05, 4.69) is 97.1 Å². The molecule has 0 radical (unpaired) electrons. The van der Waals surface area contributed by atoms with Crippen molar-refractivity contribution in [2.24, 2.45) is 0 Å². The van der Waals surface area contributed by atoms with E-state index >= 15 is 0 Å². The molecule has 0 atom stereocenters. The Hall–Kier alpha value is -3.12. The molecule has 0 N–H and O–H groups in total. The molecule has 0 amide bonds. The van der Waals surface area contributed by atoms with E-state index in [4.69, 9.17) is 0 Å². The Morgan fingerprint density at radius 3 is 2.08 bits per heavy atom. The van der Waals surface area contributed by atoms with Crippen LogP contribution < -0.4 is 0 Å². The Morgan fingerprint density at radius 2 is 1.16 bits per heavy atom. The first-order valence-electron chi connectivity index (χ1n) is 8.75. The molecule has 0 fully saturated rings. The number of hydrogen-bond acceptors (Lipinski definition) is 0. The van der Waals surface area contributed by atoms with Gasteiger partial charge in [0, 0.05) is 0 Å². The van der Waals surface area contributed by atoms with Gasteiger partial charge in [0.1, 0.15) is 0 Å². The van der Waals surface area contributed by atoms with Crippen molar-refractivity contribution >= 4 is 32.3 Å². The van der Waals surface area contributed by atoms with Crippen LogP contribution in [0.15, 0.2) is 97.1 Å². The average Bonchev–Trinajstić information content (AvgIpc) is 2.90. The minimum Gasteiger partial charge on any atom is -0.0622 e. The molecule has 118 valence electrons. The van der Waals surface area contributed by atoms with Gasteiger partial charge in [-0.2, -0.15) is 0 Å². The summed E-state index contributed by atoms with van der Waals surface area (Å²) >= 11 is 0. The summed E-state index contributed by atoms with van der Waals surface area (Å²) < 4.78 is 0. The lowest BCUT2D eigenvalue weighted by Crippen LogP contribution is -1.85. The van der Waals surface area contributed by atoms with Crippen LogP contribution in [0.4, 0.5) is 0 Å². The molecule has 0 aliphatic carbocycles. The molecule has 0 aromatic heterocycles. The van der Waals surface area contributed by atoms with Gasteiger partial charge in [-0.1, -0.05) is 91.0 Å². The van der Waals surface area contributed by atoms with Gasteiger partial charge >= 0.3 is 0 Å². The molecule has 5 rings (SSSR count). The van der Waals surface area contributed by atoms with E-state index in [1.165, 1.54) is 43.4 Å². The normalized spacial score (nSPS) is 11.4. The first kappa shape index (κ1) is 14.2. The first-order chi connectivity index (χ1) is 12.4. The van der Waals surface area contributed by atoms with Gasteiger partial charge < -0.3 is 0 Å². The van der Waals surface area contributed by atoms with Crippen molar-refractivity contribution in [1.82, 2.24) is 0 Å². The zero-order valence-corrected chi connectivity index (χ0v) is 13.9. The molecule has 0 aliphatic heterocycles. The molecule has 0 heteroatoms. The lowest BCUT2D eigenvalue weighted by atomic mass is 10.0. The van der Waals surface area contributed by atoms with Crippen molar-refractivity contribution in [3.8, 4) is 0 Å². The van der Waals surface area contributed by atoms with E-state index in [0.29, 0.717) is 0 Å². The monoisotopic (exact) mass is 318 g/mol. The quantitative estimate of drug-likeness (QED) is 0.338. The fraction of sp³-hybridized carbons (Fsp3) is 0.0400. The SMILES string of the molecule is c1ccc(Cc2cccc3ccc4c5ccccc5cc4c3c2)cc1. The minimum atomic E-state index is 0.960. The van der Waals surface area contributed by atoms with Crippen molar-refractivity contribution in [3.05, 3.63) is 108 Å². The van der Waals surface area contributed by atoms with E-state index in [0.717, 1.165) is 6.42 Å². The minimum absolute atomic E-state index is 0.960. The van der Waals surface area contributed by atoms with Gasteiger partial charge in [0.25, 0.3) is 0 Å². The van der Waals surface area contributed by atoms with Crippen molar-refractivity contribution < 1.29 is 0 Å². The van der Waals surface area contributed by atoms with E-state index in [9.17, 15) is 0 Å². The third-order valence-corrected chi connectivity index (χ3v) is 5.04. The highest BCUT2D eigenvalue weighted by atomic mass is 14.1. The van der Waals surface area contributed by atoms with E-state index in [1.807, 2.05) is 0 Å². The summed E-state index contributed by atoms with van der Waals surface area (Å²) in [6.45, 7) is 0. The van der Waals surface area contributed by atoms with Crippen molar-refractivity contribution in [2.45, 2.75) is 6.42 Å². The Balaban J connectivity index is 1.78. The summed E-state index contributed by atoms with van der Waals surface area (Å²) in [6, 6.07) is 35.2. The standard InChI is InChI=1S/C25H18/c1-2-7-18(8-3-1)15-19-9-6-11-20-13-14-23-22-12-5-4-10-21(22)17-25(23)24(20)16-19/h1-14,16-17H,15H2. The highest BCUT2D eigenvalue weighted by molar-refractivity contribution is 6.20. The summed E-state index contributed by atoms with van der Waals surface area (Å²) in [4.78, 5) is 0. The number of benzene rings is 3. The molecular formula is C25H18. The van der Waals surface area contributed by atoms with Crippen LogP contribution in [-0.2, 0) is 6.42 Å². The fourth-order valence-electron chi connectivity index (χ4n) is 3.82. The summed E-state index contributed by atoms with van der Waals surface area (Å²) in [5.41, 5.74) is 2.70. The predicted octanol–water partition coefficient (Wildman–Crippen LogP) is 6.74. The average molecular weight is 318 g/mol. The van der Waals surface area contributed by atoms with Gasteiger partial charge in [-0.25, -0.2) is 0 Å². The molecular weight excluding hydrogens is 300 g/mol. The number of hydrogen-bond donors (Lipinski definition) is 0. The van der Waals surface area contributed by atoms with E-state index in [-0.39, 0.29) is 0 Å². The molecule has 0 aliphatic rings. The maximum atomic E-state index is 2.36. The molecule has 0 nitrogen and oxygen atoms in total. The molecule has 0 heterocycles. The second-order valence-corrected chi connectivity index (χ2v) is 6.67. The van der Waals surface area contributed by atoms with Crippen LogP contribution in [0.1, 0.15) is 11.1 Å².